The summed E-state index contributed by atoms with van der Waals surface area (Å²) in [4.78, 5) is 84.4. The maximum absolute atomic E-state index is 11.8. The van der Waals surface area contributed by atoms with Crippen molar-refractivity contribution in [3.8, 4) is 0 Å². The van der Waals surface area contributed by atoms with Crippen molar-refractivity contribution in [2.24, 2.45) is 78.3 Å². The highest BCUT2D eigenvalue weighted by Gasteiger charge is 2.52. The van der Waals surface area contributed by atoms with Gasteiger partial charge in [0, 0.05) is 70.3 Å². The predicted octanol–water partition coefficient (Wildman–Crippen LogP) is 12.7. The highest BCUT2D eigenvalue weighted by molar-refractivity contribution is 8.05. The van der Waals surface area contributed by atoms with Crippen LogP contribution in [0.25, 0.3) is 0 Å². The fourth-order valence-electron chi connectivity index (χ4n) is 11.1. The van der Waals surface area contributed by atoms with Gasteiger partial charge >= 0.3 is 0 Å². The molecule has 7 amide bonds. The first kappa shape index (κ1) is 94.3. The normalized spacial score (nSPS) is 29.4. The minimum atomic E-state index is -2.33. The summed E-state index contributed by atoms with van der Waals surface area (Å²) >= 11 is 3.05. The molecule has 0 saturated carbocycles. The number of nitrogens with one attached hydrogen (secondary N) is 6. The Kier molecular flexibility index (Phi) is 31.9. The molecule has 9 aliphatic rings. The lowest BCUT2D eigenvalue weighted by Crippen LogP contribution is -2.49. The Labute approximate surface area is 622 Å². The third kappa shape index (κ3) is 28.2. The van der Waals surface area contributed by atoms with E-state index in [9.17, 15) is 42.0 Å². The van der Waals surface area contributed by atoms with Gasteiger partial charge in [0.25, 0.3) is 11.8 Å². The SMILES string of the molecule is C=C1CC(C(C)(C)C)C(=O)N1.C=C1NC(=O)C(C(C)(C)C)O1.C=C1NC(=O)C(C(C)(C)C)S1.C=C1NC(=O)C(C)(C(C)(C)C)O1.C=C1NC(=O)C(C)(C(C)(C)C)S1.C=S1(=O)CC(C(C)(C)C)C(=O)N1.C=S1(=O)CC(C(C)(C)C)C(=O)N1C.CN1CC(C(C)(C)C)C1.CN1CCC(C(C)(C)C)C1. The standard InChI is InChI=1S/C9H17NO2S.C9H15NO2.C9H15NOS.C9H15NO.C9H19N.C8H15NO2S.C8H13NO2.C8H13NOS.C8H17N/c1-9(2,3)7-6-13(5,12)10(4)8(7)11;2*1-6-10-7(11)9(5,12-6)8(2,3)4;1-6-5-7(8(11)10-6)9(2,3)4;1-9(2,3)8-5-6-10(4)7-8;1-8(2,3)6-5-12(4,11)9-7(6)10;2*1-5-9-7(10)6(11-5)8(2,3)4;1-8(2,3)7-5-9(4)6-7/h7H,5-6H2,1-4H3;2*1H2,2-5H3,(H,10,11);7H,1,5H2,2-4H3,(H,10,11);8H,5-7H2,1-4H3;6H,4-5H2,1-3H3,(H,9,10,11);2*6H,1H2,2-4H3,(H,9,10);7H,5-6H2,1-4H3. The van der Waals surface area contributed by atoms with Gasteiger partial charge in [-0.2, -0.15) is 0 Å². The van der Waals surface area contributed by atoms with Crippen molar-refractivity contribution >= 4 is 96.0 Å². The van der Waals surface area contributed by atoms with Crippen molar-refractivity contribution in [3.63, 3.8) is 0 Å². The van der Waals surface area contributed by atoms with E-state index >= 15 is 0 Å². The second kappa shape index (κ2) is 34.2. The van der Waals surface area contributed by atoms with Crippen LogP contribution in [-0.4, -0.2) is 156 Å². The Morgan fingerprint density at radius 3 is 1.13 bits per heavy atom. The van der Waals surface area contributed by atoms with Crippen molar-refractivity contribution in [3.05, 3.63) is 60.4 Å². The van der Waals surface area contributed by atoms with Crippen molar-refractivity contribution in [1.29, 1.82) is 0 Å². The molecular formula is C77H139N9O11S4. The molecule has 9 aliphatic heterocycles. The molecule has 9 rings (SSSR count). The molecule has 0 aliphatic carbocycles. The van der Waals surface area contributed by atoms with Crippen LogP contribution in [0, 0.1) is 78.3 Å². The van der Waals surface area contributed by atoms with Crippen LogP contribution in [0.3, 0.4) is 0 Å². The summed E-state index contributed by atoms with van der Waals surface area (Å²) in [5.41, 5.74) is 0.526. The summed E-state index contributed by atoms with van der Waals surface area (Å²) in [7, 11) is 1.32. The fourth-order valence-corrected chi connectivity index (χ4v) is 16.8. The molecule has 0 radical (unpaired) electrons. The molecular weight excluding hydrogens is 1360 g/mol. The van der Waals surface area contributed by atoms with Gasteiger partial charge in [0.05, 0.1) is 36.9 Å². The summed E-state index contributed by atoms with van der Waals surface area (Å²) in [6, 6.07) is 0. The van der Waals surface area contributed by atoms with Gasteiger partial charge in [-0.25, -0.2) is 8.42 Å². The Bertz CT molecular complexity index is 3110. The molecule has 0 bridgehead atoms. The number of likely N-dealkylation sites (tertiary alicyclic amines) is 2. The maximum Gasteiger partial charge on any atom is 0.271 e. The first-order chi connectivity index (χ1) is 44.7. The van der Waals surface area contributed by atoms with Gasteiger partial charge in [0.1, 0.15) is 4.75 Å². The minimum absolute atomic E-state index is 0.0220. The van der Waals surface area contributed by atoms with Crippen molar-refractivity contribution < 1.29 is 51.5 Å². The predicted molar refractivity (Wildman–Crippen MR) is 426 cm³/mol. The molecule has 101 heavy (non-hydrogen) atoms. The summed E-state index contributed by atoms with van der Waals surface area (Å²) < 4.78 is 37.1. The Hall–Kier alpha value is -4.75. The van der Waals surface area contributed by atoms with Crippen LogP contribution in [-0.2, 0) is 62.5 Å². The van der Waals surface area contributed by atoms with Crippen LogP contribution in [0.2, 0.25) is 0 Å². The van der Waals surface area contributed by atoms with E-state index in [0.717, 1.165) is 34.0 Å². The molecule has 0 aromatic heterocycles. The average molecular weight is 1500 g/mol. The number of nitrogens with zero attached hydrogens (tertiary/aromatic N) is 3. The van der Waals surface area contributed by atoms with E-state index in [-0.39, 0.29) is 107 Å². The second-order valence-electron chi connectivity index (χ2n) is 38.2. The number of amides is 7. The molecule has 0 aromatic carbocycles. The number of ether oxygens (including phenoxy) is 2. The molecule has 10 unspecified atom stereocenters. The van der Waals surface area contributed by atoms with Crippen molar-refractivity contribution in [2.45, 2.75) is 235 Å². The Balaban J connectivity index is 0.000000569. The largest absolute Gasteiger partial charge is 0.466 e. The fraction of sp³-hybridized carbons (Fsp3) is 0.753. The van der Waals surface area contributed by atoms with Crippen LogP contribution >= 0.6 is 23.5 Å². The molecule has 9 saturated heterocycles. The topological polar surface area (TPSA) is 254 Å². The summed E-state index contributed by atoms with van der Waals surface area (Å²) in [5.74, 6) is 10.1. The number of rotatable bonds is 0. The molecule has 10 atom stereocenters. The third-order valence-corrected chi connectivity index (χ3v) is 26.2. The van der Waals surface area contributed by atoms with Crippen LogP contribution in [0.1, 0.15) is 214 Å². The number of hydrogen-bond donors (Lipinski definition) is 6. The Morgan fingerprint density at radius 2 is 0.960 bits per heavy atom. The lowest BCUT2D eigenvalue weighted by Gasteiger charge is -2.44. The molecule has 9 fully saturated rings. The molecule has 9 heterocycles. The van der Waals surface area contributed by atoms with E-state index in [1.165, 1.54) is 60.4 Å². The van der Waals surface area contributed by atoms with Crippen LogP contribution in [0.5, 0.6) is 0 Å². The van der Waals surface area contributed by atoms with E-state index in [2.05, 4.69) is 204 Å². The molecule has 6 N–H and O–H groups in total. The summed E-state index contributed by atoms with van der Waals surface area (Å²) in [6.45, 7) is 83.4. The highest BCUT2D eigenvalue weighted by atomic mass is 32.2. The lowest BCUT2D eigenvalue weighted by molar-refractivity contribution is -0.139. The van der Waals surface area contributed by atoms with Gasteiger partial charge in [0.15, 0.2) is 23.5 Å². The minimum Gasteiger partial charge on any atom is -0.466 e. The van der Waals surface area contributed by atoms with E-state index in [4.69, 9.17) is 9.47 Å². The molecule has 582 valence electrons. The smallest absolute Gasteiger partial charge is 0.271 e. The number of carbonyl (C=O) groups is 7. The molecule has 0 aromatic rings. The number of thioether (sulfide) groups is 2. The van der Waals surface area contributed by atoms with E-state index in [1.54, 1.807) is 14.0 Å². The second-order valence-corrected chi connectivity index (χ2v) is 45.5. The van der Waals surface area contributed by atoms with Crippen molar-refractivity contribution in [2.75, 3.05) is 58.8 Å². The average Bonchev–Trinajstić information content (AvgIpc) is 1.66. The van der Waals surface area contributed by atoms with E-state index in [0.29, 0.717) is 34.1 Å². The van der Waals surface area contributed by atoms with E-state index < -0.39 is 31.1 Å². The van der Waals surface area contributed by atoms with Gasteiger partial charge in [-0.1, -0.05) is 230 Å². The van der Waals surface area contributed by atoms with Crippen LogP contribution in [0.4, 0.5) is 0 Å². The van der Waals surface area contributed by atoms with Gasteiger partial charge in [-0.15, -0.1) is 0 Å². The third-order valence-electron chi connectivity index (χ3n) is 19.7. The molecule has 20 nitrogen and oxygen atoms in total. The first-order valence-corrected chi connectivity index (χ1v) is 40.5. The zero-order chi connectivity index (χ0) is 79.9. The maximum atomic E-state index is 11.8. The van der Waals surface area contributed by atoms with Gasteiger partial charge in [-0.3, -0.25) is 53.2 Å². The van der Waals surface area contributed by atoms with Gasteiger partial charge in [-0.05, 0) is 122 Å². The highest BCUT2D eigenvalue weighted by Crippen LogP contribution is 2.48. The molecule has 0 spiro atoms. The Morgan fingerprint density at radius 1 is 0.485 bits per heavy atom. The van der Waals surface area contributed by atoms with Crippen LogP contribution < -0.4 is 31.3 Å². The zero-order valence-electron chi connectivity index (χ0n) is 68.6. The monoisotopic (exact) mass is 1490 g/mol. The number of hydrogen-bond acceptors (Lipinski definition) is 15. The molecule has 24 heteroatoms. The summed E-state index contributed by atoms with van der Waals surface area (Å²) in [6.07, 6.45) is 1.79. The van der Waals surface area contributed by atoms with Gasteiger partial charge in [0.2, 0.25) is 29.5 Å². The number of allylic oxidation sites excluding steroid dienone is 1. The number of carbonyl (C=O) groups excluding carboxylic acids is 7. The lowest BCUT2D eigenvalue weighted by atomic mass is 9.76. The zero-order valence-corrected chi connectivity index (χ0v) is 71.9. The van der Waals surface area contributed by atoms with E-state index in [1.807, 2.05) is 90.0 Å². The van der Waals surface area contributed by atoms with Gasteiger partial charge < -0.3 is 35.2 Å². The summed E-state index contributed by atoms with van der Waals surface area (Å²) in [5, 5.41) is 14.8. The van der Waals surface area contributed by atoms with Crippen LogP contribution in [0.15, 0.2) is 60.4 Å². The first-order valence-electron chi connectivity index (χ1n) is 35.0. The quantitative estimate of drug-likeness (QED) is 0.123. The van der Waals surface area contributed by atoms with Crippen molar-refractivity contribution in [1.82, 2.24) is 45.4 Å².